The van der Waals surface area contributed by atoms with E-state index in [1.807, 2.05) is 45.0 Å². The minimum absolute atomic E-state index is 0.311. The normalized spacial score (nSPS) is 17.5. The van der Waals surface area contributed by atoms with Gasteiger partial charge in [-0.15, -0.1) is 11.6 Å². The summed E-state index contributed by atoms with van der Waals surface area (Å²) in [7, 11) is 0. The maximum absolute atomic E-state index is 11.8. The van der Waals surface area contributed by atoms with E-state index >= 15 is 0 Å². The van der Waals surface area contributed by atoms with E-state index in [1.54, 1.807) is 6.92 Å². The van der Waals surface area contributed by atoms with E-state index in [0.29, 0.717) is 31.3 Å². The Kier molecular flexibility index (Phi) is 9.51. The lowest BCUT2D eigenvalue weighted by Crippen LogP contribution is -2.46. The zero-order chi connectivity index (χ0) is 27.3. The Labute approximate surface area is 225 Å². The molecule has 0 aromatic heterocycles. The van der Waals surface area contributed by atoms with Crippen LogP contribution in [0.15, 0.2) is 24.3 Å². The predicted octanol–water partition coefficient (Wildman–Crippen LogP) is 6.44. The number of alkyl halides is 1. The smallest absolute Gasteiger partial charge is 0.324 e. The van der Waals surface area contributed by atoms with Crippen LogP contribution in [0.4, 0.5) is 0 Å². The summed E-state index contributed by atoms with van der Waals surface area (Å²) in [5, 5.41) is -0.715. The Hall–Kier alpha value is -2.73. The summed E-state index contributed by atoms with van der Waals surface area (Å²) in [5.41, 5.74) is 4.43. The fourth-order valence-corrected chi connectivity index (χ4v) is 5.26. The molecule has 0 N–H and O–H groups in total. The van der Waals surface area contributed by atoms with Crippen molar-refractivity contribution in [2.24, 2.45) is 5.92 Å². The van der Waals surface area contributed by atoms with E-state index in [1.165, 1.54) is 6.92 Å². The fourth-order valence-electron chi connectivity index (χ4n) is 5.02. The van der Waals surface area contributed by atoms with Crippen molar-refractivity contribution in [3.05, 3.63) is 52.1 Å². The van der Waals surface area contributed by atoms with Crippen LogP contribution in [0.1, 0.15) is 68.4 Å². The third-order valence-corrected chi connectivity index (χ3v) is 7.20. The Morgan fingerprint density at radius 3 is 2.35 bits per heavy atom. The van der Waals surface area contributed by atoms with E-state index < -0.39 is 16.9 Å². The number of halogens is 1. The van der Waals surface area contributed by atoms with Crippen molar-refractivity contribution in [2.75, 3.05) is 13.2 Å². The summed E-state index contributed by atoms with van der Waals surface area (Å²) in [6.07, 6.45) is 2.86. The summed E-state index contributed by atoms with van der Waals surface area (Å²) in [5.74, 6) is 1.94. The molecule has 2 aromatic carbocycles. The highest BCUT2D eigenvalue weighted by molar-refractivity contribution is 6.30. The van der Waals surface area contributed by atoms with Gasteiger partial charge >= 0.3 is 11.9 Å². The van der Waals surface area contributed by atoms with Crippen molar-refractivity contribution in [1.29, 1.82) is 0 Å². The number of esters is 2. The highest BCUT2D eigenvalue weighted by Gasteiger charge is 2.40. The molecular weight excluding hydrogens is 492 g/mol. The number of benzene rings is 2. The maximum atomic E-state index is 11.8. The van der Waals surface area contributed by atoms with Crippen LogP contribution in [-0.2, 0) is 27.2 Å². The minimum Gasteiger partial charge on any atom is -0.489 e. The van der Waals surface area contributed by atoms with Gasteiger partial charge in [-0.1, -0.05) is 26.0 Å². The molecule has 37 heavy (non-hydrogen) atoms. The molecule has 1 aliphatic rings. The van der Waals surface area contributed by atoms with Crippen LogP contribution < -0.4 is 14.2 Å². The van der Waals surface area contributed by atoms with Crippen molar-refractivity contribution >= 4 is 23.5 Å². The van der Waals surface area contributed by atoms with Crippen LogP contribution >= 0.6 is 11.6 Å². The van der Waals surface area contributed by atoms with Crippen LogP contribution in [0.25, 0.3) is 0 Å². The van der Waals surface area contributed by atoms with E-state index in [0.717, 1.165) is 58.6 Å². The molecule has 2 aromatic rings. The topological polar surface area (TPSA) is 71.1 Å². The van der Waals surface area contributed by atoms with Crippen molar-refractivity contribution in [1.82, 2.24) is 0 Å². The Morgan fingerprint density at radius 2 is 1.76 bits per heavy atom. The quantitative estimate of drug-likeness (QED) is 0.200. The molecule has 2 atom stereocenters. The van der Waals surface area contributed by atoms with E-state index in [2.05, 4.69) is 13.8 Å². The second-order valence-corrected chi connectivity index (χ2v) is 10.9. The first kappa shape index (κ1) is 28.8. The van der Waals surface area contributed by atoms with Gasteiger partial charge in [0, 0.05) is 12.5 Å². The summed E-state index contributed by atoms with van der Waals surface area (Å²) in [6.45, 7) is 14.3. The van der Waals surface area contributed by atoms with Gasteiger partial charge in [0.15, 0.2) is 0 Å². The largest absolute Gasteiger partial charge is 0.489 e. The van der Waals surface area contributed by atoms with Gasteiger partial charge < -0.3 is 18.9 Å². The lowest BCUT2D eigenvalue weighted by molar-refractivity contribution is -0.142. The molecule has 202 valence electrons. The van der Waals surface area contributed by atoms with E-state index in [9.17, 15) is 9.59 Å². The molecule has 2 unspecified atom stereocenters. The maximum Gasteiger partial charge on any atom is 0.324 e. The molecule has 3 rings (SSSR count). The van der Waals surface area contributed by atoms with Crippen molar-refractivity contribution in [3.63, 3.8) is 0 Å². The van der Waals surface area contributed by atoms with Gasteiger partial charge in [0.1, 0.15) is 34.8 Å². The number of hydrogen-bond donors (Lipinski definition) is 0. The summed E-state index contributed by atoms with van der Waals surface area (Å²) in [6, 6.07) is 7.64. The molecule has 1 aliphatic heterocycles. The number of ether oxygens (including phenoxy) is 4. The third-order valence-electron chi connectivity index (χ3n) is 6.87. The van der Waals surface area contributed by atoms with Crippen LogP contribution in [-0.4, -0.2) is 36.1 Å². The lowest BCUT2D eigenvalue weighted by atomic mass is 9.82. The number of hydrogen-bond acceptors (Lipinski definition) is 6. The Balaban J connectivity index is 1.78. The predicted molar refractivity (Wildman–Crippen MR) is 145 cm³/mol. The molecule has 0 spiro atoms. The van der Waals surface area contributed by atoms with Crippen LogP contribution in [0.5, 0.6) is 17.2 Å². The SMILES string of the molecule is CCOC(=O)C(Cl)Cc1ccc(OCC2(CC(C)C)CCc3c(C)c(OC(C)=O)c(C)c(C)c3O2)cc1. The first-order chi connectivity index (χ1) is 17.5. The van der Waals surface area contributed by atoms with Crippen molar-refractivity contribution in [2.45, 2.75) is 85.1 Å². The zero-order valence-corrected chi connectivity index (χ0v) is 23.8. The van der Waals surface area contributed by atoms with Gasteiger partial charge in [0.05, 0.1) is 6.61 Å². The molecule has 0 saturated heterocycles. The number of rotatable bonds is 10. The number of carbonyl (C=O) groups excluding carboxylic acids is 2. The molecule has 7 heteroatoms. The molecule has 0 saturated carbocycles. The third kappa shape index (κ3) is 6.98. The number of fused-ring (bicyclic) bond motifs is 1. The molecule has 1 heterocycles. The molecule has 0 amide bonds. The summed E-state index contributed by atoms with van der Waals surface area (Å²) in [4.78, 5) is 23.5. The van der Waals surface area contributed by atoms with E-state index in [4.69, 9.17) is 30.5 Å². The summed E-state index contributed by atoms with van der Waals surface area (Å²) >= 11 is 6.18. The minimum atomic E-state index is -0.715. The molecule has 0 aliphatic carbocycles. The summed E-state index contributed by atoms with van der Waals surface area (Å²) < 4.78 is 23.6. The Morgan fingerprint density at radius 1 is 1.08 bits per heavy atom. The van der Waals surface area contributed by atoms with E-state index in [-0.39, 0.29) is 5.97 Å². The first-order valence-electron chi connectivity index (χ1n) is 13.0. The number of carbonyl (C=O) groups is 2. The van der Waals surface area contributed by atoms with Gasteiger partial charge in [0.2, 0.25) is 0 Å². The van der Waals surface area contributed by atoms with Gasteiger partial charge in [-0.2, -0.15) is 0 Å². The molecule has 0 fully saturated rings. The van der Waals surface area contributed by atoms with Crippen molar-refractivity contribution in [3.8, 4) is 17.2 Å². The monoisotopic (exact) mass is 530 g/mol. The van der Waals surface area contributed by atoms with Crippen molar-refractivity contribution < 1.29 is 28.5 Å². The molecule has 0 bridgehead atoms. The average Bonchev–Trinajstić information content (AvgIpc) is 2.84. The molecular formula is C30H39ClO6. The fraction of sp³-hybridized carbons (Fsp3) is 0.533. The second-order valence-electron chi connectivity index (χ2n) is 10.3. The first-order valence-corrected chi connectivity index (χ1v) is 13.4. The highest BCUT2D eigenvalue weighted by atomic mass is 35.5. The van der Waals surface area contributed by atoms with Crippen LogP contribution in [0.2, 0.25) is 0 Å². The molecule has 0 radical (unpaired) electrons. The van der Waals surface area contributed by atoms with Gasteiger partial charge in [-0.05, 0) is 93.7 Å². The standard InChI is InChI=1S/C30H39ClO6/c1-8-34-29(33)26(31)15-23-9-11-24(12-10-23)35-17-30(16-18(2)3)14-13-25-21(6)27(36-22(7)32)19(4)20(5)28(25)37-30/h9-12,18,26H,8,13-17H2,1-7H3. The zero-order valence-electron chi connectivity index (χ0n) is 23.0. The lowest BCUT2D eigenvalue weighted by Gasteiger charge is -2.41. The second kappa shape index (κ2) is 12.2. The van der Waals surface area contributed by atoms with Gasteiger partial charge in [0.25, 0.3) is 0 Å². The van der Waals surface area contributed by atoms with Gasteiger partial charge in [-0.3, -0.25) is 9.59 Å². The average molecular weight is 531 g/mol. The van der Waals surface area contributed by atoms with Crippen LogP contribution in [0, 0.1) is 26.7 Å². The van der Waals surface area contributed by atoms with Gasteiger partial charge in [-0.25, -0.2) is 0 Å². The highest BCUT2D eigenvalue weighted by Crippen LogP contribution is 2.45. The molecule has 6 nitrogen and oxygen atoms in total. The Bertz CT molecular complexity index is 1120. The van der Waals surface area contributed by atoms with Crippen LogP contribution in [0.3, 0.4) is 0 Å².